The fraction of sp³-hybridized carbons (Fsp3) is 0.556. The number of nitrogens with one attached hydrogen (secondary N) is 1. The second kappa shape index (κ2) is 3.40. The maximum atomic E-state index is 12.7. The van der Waals surface area contributed by atoms with E-state index in [4.69, 9.17) is 5.26 Å². The van der Waals surface area contributed by atoms with Crippen molar-refractivity contribution in [3.8, 4) is 6.07 Å². The highest BCUT2D eigenvalue weighted by Gasteiger charge is 2.45. The quantitative estimate of drug-likeness (QED) is 0.742. The Balaban J connectivity index is 2.48. The molecule has 1 aromatic rings. The van der Waals surface area contributed by atoms with Gasteiger partial charge in [-0.15, -0.1) is 0 Å². The Labute approximate surface area is 89.7 Å². The summed E-state index contributed by atoms with van der Waals surface area (Å²) in [6.45, 7) is 1.65. The zero-order valence-electron chi connectivity index (χ0n) is 8.41. The molecule has 0 aliphatic carbocycles. The molecule has 1 aliphatic rings. The summed E-state index contributed by atoms with van der Waals surface area (Å²) >= 11 is 0. The van der Waals surface area contributed by atoms with Crippen LogP contribution in [0, 0.1) is 11.3 Å². The summed E-state index contributed by atoms with van der Waals surface area (Å²) in [5, 5.41) is 15.2. The highest BCUT2D eigenvalue weighted by atomic mass is 19.4. The number of fused-ring (bicyclic) bond motifs is 1. The molecule has 1 aromatic heterocycles. The minimum absolute atomic E-state index is 0.0803. The highest BCUT2D eigenvalue weighted by Crippen LogP contribution is 2.39. The first kappa shape index (κ1) is 10.8. The van der Waals surface area contributed by atoms with Gasteiger partial charge < -0.3 is 5.32 Å². The summed E-state index contributed by atoms with van der Waals surface area (Å²) in [4.78, 5) is 0. The molecule has 0 aromatic carbocycles. The lowest BCUT2D eigenvalue weighted by Crippen LogP contribution is -2.38. The number of hydrogen-bond donors (Lipinski definition) is 1. The maximum absolute atomic E-state index is 12.7. The maximum Gasteiger partial charge on any atom is 0.410 e. The van der Waals surface area contributed by atoms with Crippen LogP contribution in [0.5, 0.6) is 0 Å². The van der Waals surface area contributed by atoms with Gasteiger partial charge in [-0.05, 0) is 13.3 Å². The van der Waals surface area contributed by atoms with Crippen molar-refractivity contribution in [2.75, 3.05) is 5.32 Å². The Kier molecular flexibility index (Phi) is 2.30. The Morgan fingerprint density at radius 2 is 2.31 bits per heavy atom. The van der Waals surface area contributed by atoms with E-state index in [1.807, 2.05) is 6.07 Å². The molecule has 2 heterocycles. The van der Waals surface area contributed by atoms with Crippen LogP contribution in [0.15, 0.2) is 6.20 Å². The van der Waals surface area contributed by atoms with Crippen molar-refractivity contribution in [1.82, 2.24) is 9.78 Å². The van der Waals surface area contributed by atoms with Gasteiger partial charge in [0.1, 0.15) is 17.5 Å². The van der Waals surface area contributed by atoms with E-state index in [9.17, 15) is 13.2 Å². The number of anilines is 1. The number of hydrogen-bond acceptors (Lipinski definition) is 3. The summed E-state index contributed by atoms with van der Waals surface area (Å²) in [7, 11) is 0. The molecular weight excluding hydrogens is 221 g/mol. The molecule has 2 atom stereocenters. The van der Waals surface area contributed by atoms with Crippen molar-refractivity contribution in [3.63, 3.8) is 0 Å². The molecule has 0 saturated carbocycles. The van der Waals surface area contributed by atoms with Crippen LogP contribution in [-0.4, -0.2) is 22.0 Å². The van der Waals surface area contributed by atoms with E-state index >= 15 is 0 Å². The smallest absolute Gasteiger partial charge is 0.367 e. The number of alkyl halides is 3. The Hall–Kier alpha value is -1.71. The van der Waals surface area contributed by atoms with Crippen molar-refractivity contribution in [1.29, 1.82) is 5.26 Å². The fourth-order valence-electron chi connectivity index (χ4n) is 1.82. The molecule has 0 spiro atoms. The van der Waals surface area contributed by atoms with E-state index in [0.717, 1.165) is 10.9 Å². The average Bonchev–Trinajstić information content (AvgIpc) is 2.57. The van der Waals surface area contributed by atoms with Gasteiger partial charge in [-0.1, -0.05) is 0 Å². The third-order valence-electron chi connectivity index (χ3n) is 2.55. The van der Waals surface area contributed by atoms with Crippen LogP contribution < -0.4 is 5.32 Å². The lowest BCUT2D eigenvalue weighted by Gasteiger charge is -2.31. The summed E-state index contributed by atoms with van der Waals surface area (Å²) < 4.78 is 39.1. The lowest BCUT2D eigenvalue weighted by molar-refractivity contribution is -0.173. The second-order valence-corrected chi connectivity index (χ2v) is 3.80. The van der Waals surface area contributed by atoms with Crippen LogP contribution in [0.4, 0.5) is 19.0 Å². The van der Waals surface area contributed by atoms with E-state index in [2.05, 4.69) is 10.4 Å². The lowest BCUT2D eigenvalue weighted by atomic mass is 10.1. The number of rotatable bonds is 0. The predicted molar refractivity (Wildman–Crippen MR) is 49.7 cm³/mol. The van der Waals surface area contributed by atoms with Crippen molar-refractivity contribution in [2.45, 2.75) is 31.6 Å². The summed E-state index contributed by atoms with van der Waals surface area (Å²) in [6.07, 6.45) is -3.27. The van der Waals surface area contributed by atoms with E-state index < -0.39 is 12.2 Å². The molecule has 4 nitrogen and oxygen atoms in total. The monoisotopic (exact) mass is 230 g/mol. The van der Waals surface area contributed by atoms with Crippen molar-refractivity contribution in [2.24, 2.45) is 0 Å². The topological polar surface area (TPSA) is 53.6 Å². The minimum atomic E-state index is -4.34. The Bertz CT molecular complexity index is 443. The Morgan fingerprint density at radius 1 is 1.62 bits per heavy atom. The van der Waals surface area contributed by atoms with E-state index in [-0.39, 0.29) is 23.8 Å². The molecule has 7 heteroatoms. The fourth-order valence-corrected chi connectivity index (χ4v) is 1.82. The molecule has 0 radical (unpaired) electrons. The van der Waals surface area contributed by atoms with Crippen molar-refractivity contribution >= 4 is 5.82 Å². The largest absolute Gasteiger partial charge is 0.410 e. The summed E-state index contributed by atoms with van der Waals surface area (Å²) in [5.41, 5.74) is 0.140. The summed E-state index contributed by atoms with van der Waals surface area (Å²) in [6, 6.07) is -0.168. The zero-order chi connectivity index (χ0) is 11.9. The number of halogens is 3. The summed E-state index contributed by atoms with van der Waals surface area (Å²) in [5.74, 6) is 0.156. The minimum Gasteiger partial charge on any atom is -0.367 e. The van der Waals surface area contributed by atoms with Crippen LogP contribution in [0.1, 0.15) is 24.9 Å². The molecule has 86 valence electrons. The van der Waals surface area contributed by atoms with Gasteiger partial charge in [0, 0.05) is 6.04 Å². The van der Waals surface area contributed by atoms with Gasteiger partial charge in [-0.2, -0.15) is 23.5 Å². The molecule has 16 heavy (non-hydrogen) atoms. The van der Waals surface area contributed by atoms with E-state index in [1.165, 1.54) is 0 Å². The molecule has 0 saturated heterocycles. The van der Waals surface area contributed by atoms with Crippen LogP contribution in [-0.2, 0) is 0 Å². The third-order valence-corrected chi connectivity index (χ3v) is 2.55. The van der Waals surface area contributed by atoms with Gasteiger partial charge in [0.25, 0.3) is 0 Å². The van der Waals surface area contributed by atoms with Gasteiger partial charge in [-0.25, -0.2) is 4.68 Å². The van der Waals surface area contributed by atoms with Gasteiger partial charge in [0.2, 0.25) is 0 Å². The standard InChI is InChI=1S/C9H9F3N4/c1-5-2-7(9(10,11)12)16-8(15-5)6(3-13)4-14-16/h4-5,7,15H,2H2,1H3/t5-,7-/m1/s1. The third kappa shape index (κ3) is 1.60. The molecule has 0 fully saturated rings. The SMILES string of the molecule is C[C@@H]1C[C@H](C(F)(F)F)n2ncc(C#N)c2N1. The van der Waals surface area contributed by atoms with Gasteiger partial charge in [0.15, 0.2) is 6.04 Å². The normalized spacial score (nSPS) is 24.4. The first-order valence-corrected chi connectivity index (χ1v) is 4.74. The van der Waals surface area contributed by atoms with Crippen LogP contribution in [0.25, 0.3) is 0 Å². The first-order valence-electron chi connectivity index (χ1n) is 4.74. The molecule has 0 bridgehead atoms. The first-order chi connectivity index (χ1) is 7.43. The van der Waals surface area contributed by atoms with E-state index in [1.54, 1.807) is 6.92 Å². The number of aromatic nitrogens is 2. The number of nitriles is 1. The Morgan fingerprint density at radius 3 is 2.88 bits per heavy atom. The van der Waals surface area contributed by atoms with Crippen LogP contribution in [0.3, 0.4) is 0 Å². The van der Waals surface area contributed by atoms with E-state index in [0.29, 0.717) is 0 Å². The van der Waals surface area contributed by atoms with Crippen molar-refractivity contribution in [3.05, 3.63) is 11.8 Å². The molecule has 0 amide bonds. The zero-order valence-corrected chi connectivity index (χ0v) is 8.41. The highest BCUT2D eigenvalue weighted by molar-refractivity contribution is 5.53. The molecule has 0 unspecified atom stereocenters. The molecular formula is C9H9F3N4. The van der Waals surface area contributed by atoms with Gasteiger partial charge >= 0.3 is 6.18 Å². The number of nitrogens with zero attached hydrogens (tertiary/aromatic N) is 3. The van der Waals surface area contributed by atoms with Gasteiger partial charge in [-0.3, -0.25) is 0 Å². The van der Waals surface area contributed by atoms with Crippen LogP contribution in [0.2, 0.25) is 0 Å². The molecule has 1 aliphatic heterocycles. The van der Waals surface area contributed by atoms with Crippen molar-refractivity contribution < 1.29 is 13.2 Å². The predicted octanol–water partition coefficient (Wildman–Crippen LogP) is 2.06. The van der Waals surface area contributed by atoms with Gasteiger partial charge in [0.05, 0.1) is 6.20 Å². The molecule has 2 rings (SSSR count). The second-order valence-electron chi connectivity index (χ2n) is 3.80. The average molecular weight is 230 g/mol. The molecule has 1 N–H and O–H groups in total. The van der Waals surface area contributed by atoms with Crippen LogP contribution >= 0.6 is 0 Å².